The molecule has 2 aliphatic rings. The average Bonchev–Trinajstić information content (AvgIpc) is 2.78. The molecular weight excluding hydrogens is 517 g/mol. The van der Waals surface area contributed by atoms with Gasteiger partial charge in [-0.15, -0.1) is 0 Å². The standard InChI is InChI=1S/C26H28INO4/c1-25(2,3)19-10-9-17(15-22(19)31-4)24(30)28-13-11-26(12-14-28)20(16-27)23(29)18-7-5-6-8-21(18)32-26/h5-10,15-16H,11-14H2,1-4H3/b20-16+. The molecule has 5 nitrogen and oxygen atoms in total. The van der Waals surface area contributed by atoms with E-state index >= 15 is 0 Å². The van der Waals surface area contributed by atoms with Gasteiger partial charge in [0.05, 0.1) is 12.7 Å². The lowest BCUT2D eigenvalue weighted by Gasteiger charge is -2.45. The van der Waals surface area contributed by atoms with Crippen LogP contribution in [-0.2, 0) is 5.41 Å². The van der Waals surface area contributed by atoms with Gasteiger partial charge in [0.15, 0.2) is 5.78 Å². The van der Waals surface area contributed by atoms with Gasteiger partial charge < -0.3 is 14.4 Å². The van der Waals surface area contributed by atoms with Crippen LogP contribution in [0.2, 0.25) is 0 Å². The minimum Gasteiger partial charge on any atom is -0.496 e. The fourth-order valence-electron chi connectivity index (χ4n) is 4.58. The number of piperidine rings is 1. The van der Waals surface area contributed by atoms with Crippen molar-refractivity contribution in [2.75, 3.05) is 20.2 Å². The number of carbonyl (C=O) groups excluding carboxylic acids is 2. The van der Waals surface area contributed by atoms with Crippen LogP contribution in [0.1, 0.15) is 59.9 Å². The molecular formula is C26H28INO4. The first-order valence-electron chi connectivity index (χ1n) is 10.8. The highest BCUT2D eigenvalue weighted by Crippen LogP contribution is 2.43. The Morgan fingerprint density at radius 2 is 1.84 bits per heavy atom. The number of methoxy groups -OCH3 is 1. The topological polar surface area (TPSA) is 55.8 Å². The number of hydrogen-bond donors (Lipinski definition) is 0. The lowest BCUT2D eigenvalue weighted by molar-refractivity contribution is 0.0219. The number of Topliss-reactive ketones (excluding diaryl/α,β-unsaturated/α-hetero) is 1. The Hall–Kier alpha value is -2.35. The van der Waals surface area contributed by atoms with Crippen molar-refractivity contribution >= 4 is 34.3 Å². The predicted molar refractivity (Wildman–Crippen MR) is 133 cm³/mol. The molecule has 0 atom stereocenters. The number of amides is 1. The number of benzene rings is 2. The summed E-state index contributed by atoms with van der Waals surface area (Å²) in [5, 5.41) is 0. The van der Waals surface area contributed by atoms with Gasteiger partial charge in [0.1, 0.15) is 17.1 Å². The number of nitrogens with zero attached hydrogens (tertiary/aromatic N) is 1. The summed E-state index contributed by atoms with van der Waals surface area (Å²) in [6.07, 6.45) is 1.15. The number of para-hydroxylation sites is 1. The van der Waals surface area contributed by atoms with Gasteiger partial charge in [-0.3, -0.25) is 9.59 Å². The molecule has 0 aromatic heterocycles. The quantitative estimate of drug-likeness (QED) is 0.366. The minimum atomic E-state index is -0.683. The molecule has 0 bridgehead atoms. The van der Waals surface area contributed by atoms with E-state index in [4.69, 9.17) is 9.47 Å². The number of ketones is 1. The van der Waals surface area contributed by atoms with Gasteiger partial charge in [-0.25, -0.2) is 0 Å². The molecule has 2 aliphatic heterocycles. The smallest absolute Gasteiger partial charge is 0.253 e. The number of hydrogen-bond acceptors (Lipinski definition) is 4. The molecule has 1 spiro atoms. The zero-order valence-electron chi connectivity index (χ0n) is 18.9. The Bertz CT molecular complexity index is 1090. The molecule has 1 amide bonds. The molecule has 168 valence electrons. The van der Waals surface area contributed by atoms with E-state index in [1.807, 2.05) is 45.4 Å². The second-order valence-corrected chi connectivity index (χ2v) is 10.0. The molecule has 2 aromatic rings. The summed E-state index contributed by atoms with van der Waals surface area (Å²) in [5.41, 5.74) is 2.20. The fourth-order valence-corrected chi connectivity index (χ4v) is 5.43. The van der Waals surface area contributed by atoms with E-state index < -0.39 is 5.60 Å². The molecule has 2 aromatic carbocycles. The fraction of sp³-hybridized carbons (Fsp3) is 0.385. The maximum absolute atomic E-state index is 13.3. The molecule has 0 N–H and O–H groups in total. The van der Waals surface area contributed by atoms with E-state index in [1.165, 1.54) is 0 Å². The third kappa shape index (κ3) is 3.93. The number of rotatable bonds is 2. The highest BCUT2D eigenvalue weighted by Gasteiger charge is 2.47. The van der Waals surface area contributed by atoms with Crippen LogP contribution in [0.25, 0.3) is 0 Å². The molecule has 32 heavy (non-hydrogen) atoms. The van der Waals surface area contributed by atoms with E-state index in [1.54, 1.807) is 13.2 Å². The summed E-state index contributed by atoms with van der Waals surface area (Å²) in [7, 11) is 1.64. The van der Waals surface area contributed by atoms with Crippen LogP contribution in [-0.4, -0.2) is 42.4 Å². The summed E-state index contributed by atoms with van der Waals surface area (Å²) >= 11 is 2.12. The summed E-state index contributed by atoms with van der Waals surface area (Å²) < 4.78 is 13.8. The predicted octanol–water partition coefficient (Wildman–Crippen LogP) is 5.56. The molecule has 0 unspecified atom stereocenters. The summed E-state index contributed by atoms with van der Waals surface area (Å²) in [6.45, 7) is 7.41. The van der Waals surface area contributed by atoms with Crippen LogP contribution in [0.15, 0.2) is 52.1 Å². The maximum atomic E-state index is 13.3. The van der Waals surface area contributed by atoms with Crippen molar-refractivity contribution in [2.24, 2.45) is 0 Å². The highest BCUT2D eigenvalue weighted by molar-refractivity contribution is 14.1. The Labute approximate surface area is 202 Å². The molecule has 0 saturated carbocycles. The van der Waals surface area contributed by atoms with Crippen molar-refractivity contribution in [3.8, 4) is 11.5 Å². The van der Waals surface area contributed by atoms with Crippen LogP contribution in [0.4, 0.5) is 0 Å². The molecule has 0 radical (unpaired) electrons. The third-order valence-corrected chi connectivity index (χ3v) is 7.02. The highest BCUT2D eigenvalue weighted by atomic mass is 127. The van der Waals surface area contributed by atoms with Crippen molar-refractivity contribution < 1.29 is 19.1 Å². The van der Waals surface area contributed by atoms with Crippen molar-refractivity contribution in [1.29, 1.82) is 0 Å². The second-order valence-electron chi connectivity index (χ2n) is 9.40. The zero-order valence-corrected chi connectivity index (χ0v) is 21.1. The van der Waals surface area contributed by atoms with E-state index in [9.17, 15) is 9.59 Å². The maximum Gasteiger partial charge on any atom is 0.253 e. The normalized spacial score (nSPS) is 19.0. The van der Waals surface area contributed by atoms with Crippen molar-refractivity contribution in [1.82, 2.24) is 4.90 Å². The molecule has 1 fully saturated rings. The van der Waals surface area contributed by atoms with Crippen LogP contribution >= 0.6 is 22.6 Å². The van der Waals surface area contributed by atoms with Crippen LogP contribution in [0.3, 0.4) is 0 Å². The first kappa shape index (κ1) is 22.8. The first-order valence-corrected chi connectivity index (χ1v) is 12.1. The van der Waals surface area contributed by atoms with Crippen LogP contribution in [0.5, 0.6) is 11.5 Å². The number of carbonyl (C=O) groups is 2. The van der Waals surface area contributed by atoms with Crippen molar-refractivity contribution in [3.63, 3.8) is 0 Å². The molecule has 6 heteroatoms. The van der Waals surface area contributed by atoms with Gasteiger partial charge in [0.2, 0.25) is 0 Å². The van der Waals surface area contributed by atoms with Gasteiger partial charge >= 0.3 is 0 Å². The Balaban J connectivity index is 1.55. The SMILES string of the molecule is COc1cc(C(=O)N2CCC3(CC2)Oc2ccccc2C(=O)/C3=C\I)ccc1C(C)(C)C. The van der Waals surface area contributed by atoms with Gasteiger partial charge in [0.25, 0.3) is 5.91 Å². The Morgan fingerprint density at radius 1 is 1.16 bits per heavy atom. The first-order chi connectivity index (χ1) is 15.2. The molecule has 1 saturated heterocycles. The lowest BCUT2D eigenvalue weighted by Crippen LogP contribution is -2.53. The van der Waals surface area contributed by atoms with Crippen molar-refractivity contribution in [2.45, 2.75) is 44.6 Å². The number of fused-ring (bicyclic) bond motifs is 1. The van der Waals surface area contributed by atoms with E-state index in [0.717, 1.165) is 11.3 Å². The van der Waals surface area contributed by atoms with Gasteiger partial charge in [-0.2, -0.15) is 0 Å². The van der Waals surface area contributed by atoms with Crippen LogP contribution < -0.4 is 9.47 Å². The summed E-state index contributed by atoms with van der Waals surface area (Å²) in [4.78, 5) is 28.2. The lowest BCUT2D eigenvalue weighted by atomic mass is 9.78. The second kappa shape index (κ2) is 8.54. The molecule has 4 rings (SSSR count). The minimum absolute atomic E-state index is 0.0172. The van der Waals surface area contributed by atoms with E-state index in [0.29, 0.717) is 48.4 Å². The number of halogens is 1. The monoisotopic (exact) mass is 545 g/mol. The van der Waals surface area contributed by atoms with Crippen LogP contribution in [0, 0.1) is 0 Å². The summed E-state index contributed by atoms with van der Waals surface area (Å²) in [6, 6.07) is 13.1. The van der Waals surface area contributed by atoms with Gasteiger partial charge in [-0.05, 0) is 39.3 Å². The Morgan fingerprint density at radius 3 is 2.47 bits per heavy atom. The Kier molecular flexibility index (Phi) is 6.09. The average molecular weight is 545 g/mol. The summed E-state index contributed by atoms with van der Waals surface area (Å²) in [5.74, 6) is 1.34. The third-order valence-electron chi connectivity index (χ3n) is 6.40. The number of likely N-dealkylation sites (tertiary alicyclic amines) is 1. The van der Waals surface area contributed by atoms with E-state index in [2.05, 4.69) is 43.4 Å². The zero-order chi connectivity index (χ0) is 23.1. The van der Waals surface area contributed by atoms with Gasteiger partial charge in [0, 0.05) is 37.1 Å². The van der Waals surface area contributed by atoms with E-state index in [-0.39, 0.29) is 17.1 Å². The van der Waals surface area contributed by atoms with Gasteiger partial charge in [-0.1, -0.05) is 61.6 Å². The largest absolute Gasteiger partial charge is 0.496 e. The number of ether oxygens (including phenoxy) is 2. The molecule has 2 heterocycles. The molecule has 0 aliphatic carbocycles. The van der Waals surface area contributed by atoms with Crippen molar-refractivity contribution in [3.05, 3.63) is 68.8 Å².